The van der Waals surface area contributed by atoms with Crippen molar-refractivity contribution < 1.29 is 4.74 Å². The molecule has 1 N–H and O–H groups in total. The number of benzene rings is 1. The minimum atomic E-state index is 0.682. The SMILES string of the molecule is CC(C)CNCCN(C)CCOc1cccc(Cl)c1. The van der Waals surface area contributed by atoms with E-state index in [1.54, 1.807) is 0 Å². The fourth-order valence-corrected chi connectivity index (χ4v) is 1.83. The van der Waals surface area contributed by atoms with Crippen LogP contribution in [0, 0.1) is 5.92 Å². The fraction of sp³-hybridized carbons (Fsp3) is 0.600. The Hall–Kier alpha value is -0.770. The second-order valence-corrected chi connectivity index (χ2v) is 5.64. The topological polar surface area (TPSA) is 24.5 Å². The first kappa shape index (κ1) is 16.3. The van der Waals surface area contributed by atoms with Crippen molar-refractivity contribution in [3.05, 3.63) is 29.3 Å². The monoisotopic (exact) mass is 284 g/mol. The number of nitrogens with zero attached hydrogens (tertiary/aromatic N) is 1. The Labute approximate surface area is 121 Å². The van der Waals surface area contributed by atoms with Gasteiger partial charge in [-0.15, -0.1) is 0 Å². The van der Waals surface area contributed by atoms with Crippen LogP contribution in [0.4, 0.5) is 0 Å². The predicted octanol–water partition coefficient (Wildman–Crippen LogP) is 2.90. The van der Waals surface area contributed by atoms with Crippen LogP contribution in [-0.4, -0.2) is 44.7 Å². The van der Waals surface area contributed by atoms with Gasteiger partial charge in [-0.05, 0) is 37.7 Å². The maximum atomic E-state index is 5.90. The molecular formula is C15H25ClN2O. The molecule has 0 radical (unpaired) electrons. The Morgan fingerprint density at radius 2 is 2.11 bits per heavy atom. The molecule has 0 unspecified atom stereocenters. The van der Waals surface area contributed by atoms with E-state index in [-0.39, 0.29) is 0 Å². The average Bonchev–Trinajstić information content (AvgIpc) is 2.34. The molecule has 108 valence electrons. The molecule has 0 aliphatic carbocycles. The number of likely N-dealkylation sites (N-methyl/N-ethyl adjacent to an activating group) is 1. The van der Waals surface area contributed by atoms with Gasteiger partial charge in [0.15, 0.2) is 0 Å². The first-order chi connectivity index (χ1) is 9.08. The zero-order chi connectivity index (χ0) is 14.1. The van der Waals surface area contributed by atoms with Gasteiger partial charge in [0.05, 0.1) is 0 Å². The Morgan fingerprint density at radius 3 is 2.79 bits per heavy atom. The predicted molar refractivity (Wildman–Crippen MR) is 82.2 cm³/mol. The maximum absolute atomic E-state index is 5.90. The zero-order valence-corrected chi connectivity index (χ0v) is 12.9. The molecule has 0 aromatic heterocycles. The third kappa shape index (κ3) is 8.09. The van der Waals surface area contributed by atoms with Crippen molar-refractivity contribution in [3.63, 3.8) is 0 Å². The van der Waals surface area contributed by atoms with E-state index in [4.69, 9.17) is 16.3 Å². The Kier molecular flexibility index (Phi) is 7.87. The van der Waals surface area contributed by atoms with E-state index in [0.29, 0.717) is 17.5 Å². The first-order valence-corrected chi connectivity index (χ1v) is 7.23. The summed E-state index contributed by atoms with van der Waals surface area (Å²) in [5, 5.41) is 4.14. The van der Waals surface area contributed by atoms with Gasteiger partial charge in [0.1, 0.15) is 12.4 Å². The Bertz CT molecular complexity index is 358. The Balaban J connectivity index is 2.08. The summed E-state index contributed by atoms with van der Waals surface area (Å²) in [6.07, 6.45) is 0. The van der Waals surface area contributed by atoms with Crippen LogP contribution in [0.1, 0.15) is 13.8 Å². The Morgan fingerprint density at radius 1 is 1.32 bits per heavy atom. The fourth-order valence-electron chi connectivity index (χ4n) is 1.65. The molecule has 0 saturated heterocycles. The molecule has 0 fully saturated rings. The number of hydrogen-bond acceptors (Lipinski definition) is 3. The zero-order valence-electron chi connectivity index (χ0n) is 12.2. The van der Waals surface area contributed by atoms with Gasteiger partial charge in [-0.1, -0.05) is 31.5 Å². The first-order valence-electron chi connectivity index (χ1n) is 6.85. The van der Waals surface area contributed by atoms with Crippen molar-refractivity contribution in [1.29, 1.82) is 0 Å². The summed E-state index contributed by atoms with van der Waals surface area (Å²) in [6, 6.07) is 7.51. The molecule has 0 saturated carbocycles. The molecule has 1 rings (SSSR count). The van der Waals surface area contributed by atoms with Gasteiger partial charge in [-0.3, -0.25) is 0 Å². The van der Waals surface area contributed by atoms with E-state index in [1.165, 1.54) is 0 Å². The van der Waals surface area contributed by atoms with Gasteiger partial charge in [-0.25, -0.2) is 0 Å². The molecule has 4 heteroatoms. The smallest absolute Gasteiger partial charge is 0.120 e. The third-order valence-corrected chi connectivity index (χ3v) is 3.00. The van der Waals surface area contributed by atoms with Crippen LogP contribution >= 0.6 is 11.6 Å². The largest absolute Gasteiger partial charge is 0.492 e. The lowest BCUT2D eigenvalue weighted by Gasteiger charge is -2.17. The maximum Gasteiger partial charge on any atom is 0.120 e. The van der Waals surface area contributed by atoms with Crippen LogP contribution in [-0.2, 0) is 0 Å². The van der Waals surface area contributed by atoms with E-state index in [2.05, 4.69) is 31.1 Å². The lowest BCUT2D eigenvalue weighted by molar-refractivity contribution is 0.237. The van der Waals surface area contributed by atoms with Crippen LogP contribution in [0.5, 0.6) is 5.75 Å². The highest BCUT2D eigenvalue weighted by Gasteiger charge is 2.00. The van der Waals surface area contributed by atoms with Crippen LogP contribution in [0.25, 0.3) is 0 Å². The summed E-state index contributed by atoms with van der Waals surface area (Å²) in [6.45, 7) is 9.16. The lowest BCUT2D eigenvalue weighted by atomic mass is 10.2. The van der Waals surface area contributed by atoms with Gasteiger partial charge in [-0.2, -0.15) is 0 Å². The summed E-state index contributed by atoms with van der Waals surface area (Å²) in [7, 11) is 2.11. The second kappa shape index (κ2) is 9.18. The molecule has 0 bridgehead atoms. The molecule has 0 aliphatic rings. The number of ether oxygens (including phenoxy) is 1. The number of hydrogen-bond donors (Lipinski definition) is 1. The molecule has 0 atom stereocenters. The van der Waals surface area contributed by atoms with Crippen LogP contribution in [0.15, 0.2) is 24.3 Å². The van der Waals surface area contributed by atoms with Gasteiger partial charge in [0, 0.05) is 24.7 Å². The molecule has 19 heavy (non-hydrogen) atoms. The highest BCUT2D eigenvalue weighted by Crippen LogP contribution is 2.16. The molecular weight excluding hydrogens is 260 g/mol. The van der Waals surface area contributed by atoms with Gasteiger partial charge in [0.25, 0.3) is 0 Å². The minimum absolute atomic E-state index is 0.682. The van der Waals surface area contributed by atoms with Crippen molar-refractivity contribution in [2.24, 2.45) is 5.92 Å². The summed E-state index contributed by atoms with van der Waals surface area (Å²) >= 11 is 5.90. The molecule has 0 spiro atoms. The summed E-state index contributed by atoms with van der Waals surface area (Å²) in [5.41, 5.74) is 0. The van der Waals surface area contributed by atoms with Crippen molar-refractivity contribution >= 4 is 11.6 Å². The standard InChI is InChI=1S/C15H25ClN2O/c1-13(2)12-17-7-8-18(3)9-10-19-15-6-4-5-14(16)11-15/h4-6,11,13,17H,7-10,12H2,1-3H3. The lowest BCUT2D eigenvalue weighted by Crippen LogP contribution is -2.33. The normalized spacial score (nSPS) is 11.3. The highest BCUT2D eigenvalue weighted by molar-refractivity contribution is 6.30. The highest BCUT2D eigenvalue weighted by atomic mass is 35.5. The number of nitrogens with one attached hydrogen (secondary N) is 1. The van der Waals surface area contributed by atoms with Crippen molar-refractivity contribution in [2.45, 2.75) is 13.8 Å². The van der Waals surface area contributed by atoms with E-state index >= 15 is 0 Å². The minimum Gasteiger partial charge on any atom is -0.492 e. The quantitative estimate of drug-likeness (QED) is 0.706. The number of halogens is 1. The van der Waals surface area contributed by atoms with Crippen molar-refractivity contribution in [3.8, 4) is 5.75 Å². The molecule has 1 aromatic rings. The number of rotatable bonds is 9. The van der Waals surface area contributed by atoms with E-state index in [9.17, 15) is 0 Å². The van der Waals surface area contributed by atoms with Crippen LogP contribution < -0.4 is 10.1 Å². The van der Waals surface area contributed by atoms with E-state index < -0.39 is 0 Å². The summed E-state index contributed by atoms with van der Waals surface area (Å²) < 4.78 is 5.66. The van der Waals surface area contributed by atoms with Gasteiger partial charge >= 0.3 is 0 Å². The average molecular weight is 285 g/mol. The van der Waals surface area contributed by atoms with Gasteiger partial charge < -0.3 is 15.0 Å². The van der Waals surface area contributed by atoms with E-state index in [0.717, 1.165) is 31.9 Å². The van der Waals surface area contributed by atoms with Crippen molar-refractivity contribution in [1.82, 2.24) is 10.2 Å². The second-order valence-electron chi connectivity index (χ2n) is 5.21. The molecule has 3 nitrogen and oxygen atoms in total. The third-order valence-electron chi connectivity index (χ3n) is 2.76. The summed E-state index contributed by atoms with van der Waals surface area (Å²) in [5.74, 6) is 1.54. The van der Waals surface area contributed by atoms with Crippen LogP contribution in [0.3, 0.4) is 0 Å². The molecule has 0 amide bonds. The van der Waals surface area contributed by atoms with Crippen LogP contribution in [0.2, 0.25) is 5.02 Å². The van der Waals surface area contributed by atoms with E-state index in [1.807, 2.05) is 24.3 Å². The van der Waals surface area contributed by atoms with Gasteiger partial charge in [0.2, 0.25) is 0 Å². The summed E-state index contributed by atoms with van der Waals surface area (Å²) in [4.78, 5) is 2.26. The molecule has 0 heterocycles. The van der Waals surface area contributed by atoms with Crippen molar-refractivity contribution in [2.75, 3.05) is 39.8 Å². The molecule has 0 aliphatic heterocycles. The molecule has 1 aromatic carbocycles.